The molecule has 0 aliphatic carbocycles. The Morgan fingerprint density at radius 1 is 1.24 bits per heavy atom. The zero-order valence-corrected chi connectivity index (χ0v) is 18.6. The first kappa shape index (κ1) is 21.9. The molecule has 1 fully saturated rings. The van der Waals surface area contributed by atoms with Gasteiger partial charge in [-0.2, -0.15) is 0 Å². The fraction of sp³-hybridized carbons (Fsp3) is 0.550. The van der Waals surface area contributed by atoms with E-state index in [1.165, 1.54) is 11.8 Å². The summed E-state index contributed by atoms with van der Waals surface area (Å²) in [5.41, 5.74) is 0. The van der Waals surface area contributed by atoms with Gasteiger partial charge in [0, 0.05) is 19.6 Å². The van der Waals surface area contributed by atoms with Crippen molar-refractivity contribution >= 4 is 29.3 Å². The number of benzene rings is 1. The van der Waals surface area contributed by atoms with Crippen molar-refractivity contribution in [1.82, 2.24) is 19.7 Å². The van der Waals surface area contributed by atoms with Gasteiger partial charge in [-0.25, -0.2) is 0 Å². The van der Waals surface area contributed by atoms with E-state index in [1.807, 2.05) is 34.6 Å². The van der Waals surface area contributed by atoms with Gasteiger partial charge in [-0.3, -0.25) is 4.79 Å². The minimum atomic E-state index is -0.328. The Morgan fingerprint density at radius 3 is 2.66 bits per heavy atom. The van der Waals surface area contributed by atoms with Gasteiger partial charge in [0.05, 0.1) is 24.0 Å². The maximum atomic E-state index is 12.5. The number of thioether (sulfide) groups is 1. The van der Waals surface area contributed by atoms with E-state index in [-0.39, 0.29) is 12.0 Å². The molecule has 2 aromatic rings. The summed E-state index contributed by atoms with van der Waals surface area (Å²) < 4.78 is 13.4. The molecule has 1 atom stereocenters. The number of carbonyl (C=O) groups is 1. The minimum Gasteiger partial charge on any atom is -0.481 e. The van der Waals surface area contributed by atoms with E-state index in [9.17, 15) is 4.79 Å². The largest absolute Gasteiger partial charge is 0.481 e. The molecule has 1 aromatic carbocycles. The van der Waals surface area contributed by atoms with Gasteiger partial charge >= 0.3 is 0 Å². The van der Waals surface area contributed by atoms with E-state index in [4.69, 9.17) is 21.1 Å². The van der Waals surface area contributed by atoms with Crippen LogP contribution in [-0.2, 0) is 16.1 Å². The molecule has 1 aromatic heterocycles. The average Bonchev–Trinajstić information content (AvgIpc) is 3.10. The van der Waals surface area contributed by atoms with Crippen LogP contribution in [0.5, 0.6) is 5.75 Å². The maximum absolute atomic E-state index is 12.5. The molecule has 2 heterocycles. The molecule has 1 aliphatic rings. The van der Waals surface area contributed by atoms with Crippen LogP contribution in [0.25, 0.3) is 0 Å². The Hall–Kier alpha value is -1.77. The third-order valence-corrected chi connectivity index (χ3v) is 5.75. The van der Waals surface area contributed by atoms with Crippen molar-refractivity contribution < 1.29 is 14.3 Å². The van der Waals surface area contributed by atoms with Gasteiger partial charge in [0.2, 0.25) is 5.91 Å². The van der Waals surface area contributed by atoms with E-state index in [0.29, 0.717) is 48.7 Å². The highest BCUT2D eigenvalue weighted by Gasteiger charge is 2.23. The third kappa shape index (κ3) is 5.87. The van der Waals surface area contributed by atoms with E-state index in [2.05, 4.69) is 24.0 Å². The second kappa shape index (κ2) is 10.3. The average molecular weight is 439 g/mol. The van der Waals surface area contributed by atoms with Crippen LogP contribution >= 0.6 is 23.4 Å². The van der Waals surface area contributed by atoms with Crippen molar-refractivity contribution in [2.24, 2.45) is 5.92 Å². The van der Waals surface area contributed by atoms with Crippen LogP contribution in [-0.4, -0.2) is 57.6 Å². The molecule has 0 spiro atoms. The lowest BCUT2D eigenvalue weighted by Gasteiger charge is -2.26. The Balaban J connectivity index is 1.72. The van der Waals surface area contributed by atoms with E-state index in [0.717, 1.165) is 17.5 Å². The lowest BCUT2D eigenvalue weighted by molar-refractivity contribution is -0.132. The van der Waals surface area contributed by atoms with Gasteiger partial charge in [-0.05, 0) is 25.0 Å². The summed E-state index contributed by atoms with van der Waals surface area (Å²) in [4.78, 5) is 14.3. The summed E-state index contributed by atoms with van der Waals surface area (Å²) in [6, 6.07) is 7.37. The third-order valence-electron chi connectivity index (χ3n) is 4.49. The lowest BCUT2D eigenvalue weighted by Crippen LogP contribution is -2.41. The van der Waals surface area contributed by atoms with Gasteiger partial charge < -0.3 is 18.9 Å². The normalized spacial score (nSPS) is 15.6. The summed E-state index contributed by atoms with van der Waals surface area (Å²) in [5.74, 6) is 2.15. The molecule has 1 aliphatic heterocycles. The number of carbonyl (C=O) groups excluding carboxylic acids is 1. The van der Waals surface area contributed by atoms with Gasteiger partial charge in [0.15, 0.2) is 17.1 Å². The molecule has 1 saturated heterocycles. The number of rotatable bonds is 8. The summed E-state index contributed by atoms with van der Waals surface area (Å²) in [6.07, 6.45) is -0.328. The van der Waals surface area contributed by atoms with Crippen LogP contribution in [0, 0.1) is 5.92 Å². The molecule has 1 unspecified atom stereocenters. The molecule has 0 saturated carbocycles. The second-order valence-electron chi connectivity index (χ2n) is 7.32. The number of para-hydroxylation sites is 1. The zero-order valence-electron chi connectivity index (χ0n) is 17.0. The Morgan fingerprint density at radius 2 is 1.97 bits per heavy atom. The molecule has 29 heavy (non-hydrogen) atoms. The van der Waals surface area contributed by atoms with Crippen molar-refractivity contribution in [3.63, 3.8) is 0 Å². The smallest absolute Gasteiger partial charge is 0.233 e. The highest BCUT2D eigenvalue weighted by atomic mass is 35.5. The first-order chi connectivity index (χ1) is 14.0. The van der Waals surface area contributed by atoms with Crippen LogP contribution in [0.3, 0.4) is 0 Å². The summed E-state index contributed by atoms with van der Waals surface area (Å²) >= 11 is 7.63. The summed E-state index contributed by atoms with van der Waals surface area (Å²) in [7, 11) is 0. The van der Waals surface area contributed by atoms with Crippen LogP contribution in [0.2, 0.25) is 5.02 Å². The molecule has 3 rings (SSSR count). The summed E-state index contributed by atoms with van der Waals surface area (Å²) in [6.45, 7) is 9.43. The Kier molecular flexibility index (Phi) is 7.80. The lowest BCUT2D eigenvalue weighted by atomic mass is 10.2. The number of amides is 1. The number of ether oxygens (including phenoxy) is 2. The molecular formula is C20H27ClN4O3S. The monoisotopic (exact) mass is 438 g/mol. The van der Waals surface area contributed by atoms with Crippen molar-refractivity contribution in [1.29, 1.82) is 0 Å². The van der Waals surface area contributed by atoms with E-state index in [1.54, 1.807) is 6.07 Å². The molecule has 1 amide bonds. The van der Waals surface area contributed by atoms with Crippen LogP contribution < -0.4 is 4.74 Å². The van der Waals surface area contributed by atoms with E-state index < -0.39 is 0 Å². The van der Waals surface area contributed by atoms with Gasteiger partial charge in [0.1, 0.15) is 5.75 Å². The molecule has 7 nitrogen and oxygen atoms in total. The van der Waals surface area contributed by atoms with Crippen molar-refractivity contribution in [2.45, 2.75) is 38.6 Å². The number of halogens is 1. The highest BCUT2D eigenvalue weighted by molar-refractivity contribution is 7.99. The molecule has 9 heteroatoms. The van der Waals surface area contributed by atoms with Gasteiger partial charge in [0.25, 0.3) is 0 Å². The quantitative estimate of drug-likeness (QED) is 0.585. The van der Waals surface area contributed by atoms with Crippen LogP contribution in [0.15, 0.2) is 29.4 Å². The number of morpholine rings is 1. The predicted molar refractivity (Wildman–Crippen MR) is 113 cm³/mol. The number of hydrogen-bond donors (Lipinski definition) is 0. The van der Waals surface area contributed by atoms with Crippen molar-refractivity contribution in [3.8, 4) is 5.75 Å². The predicted octanol–water partition coefficient (Wildman–Crippen LogP) is 3.68. The molecule has 0 N–H and O–H groups in total. The van der Waals surface area contributed by atoms with Crippen molar-refractivity contribution in [2.75, 3.05) is 32.1 Å². The first-order valence-corrected chi connectivity index (χ1v) is 11.1. The van der Waals surface area contributed by atoms with Crippen molar-refractivity contribution in [3.05, 3.63) is 35.1 Å². The standard InChI is InChI=1S/C20H27ClN4O3S/c1-14(2)12-25-19(15(3)28-17-7-5-4-6-16(17)21)22-23-20(25)29-13-18(26)24-8-10-27-11-9-24/h4-7,14-15H,8-13H2,1-3H3. The zero-order chi connectivity index (χ0) is 20.8. The maximum Gasteiger partial charge on any atom is 0.233 e. The molecular weight excluding hydrogens is 412 g/mol. The number of hydrogen-bond acceptors (Lipinski definition) is 6. The van der Waals surface area contributed by atoms with E-state index >= 15 is 0 Å². The topological polar surface area (TPSA) is 69.5 Å². The fourth-order valence-corrected chi connectivity index (χ4v) is 4.10. The number of aromatic nitrogens is 3. The molecule has 0 bridgehead atoms. The van der Waals surface area contributed by atoms with Crippen LogP contribution in [0.4, 0.5) is 0 Å². The molecule has 158 valence electrons. The second-order valence-corrected chi connectivity index (χ2v) is 8.67. The highest BCUT2D eigenvalue weighted by Crippen LogP contribution is 2.30. The van der Waals surface area contributed by atoms with Gasteiger partial charge in [-0.15, -0.1) is 10.2 Å². The van der Waals surface area contributed by atoms with Gasteiger partial charge in [-0.1, -0.05) is 49.3 Å². The molecule has 0 radical (unpaired) electrons. The summed E-state index contributed by atoms with van der Waals surface area (Å²) in [5, 5.41) is 9.99. The van der Waals surface area contributed by atoms with Crippen LogP contribution in [0.1, 0.15) is 32.7 Å². The Labute approximate surface area is 180 Å². The first-order valence-electron chi connectivity index (χ1n) is 9.78. The fourth-order valence-electron chi connectivity index (χ4n) is 3.06. The minimum absolute atomic E-state index is 0.0966. The SMILES string of the molecule is CC(C)Cn1c(SCC(=O)N2CCOCC2)nnc1C(C)Oc1ccccc1Cl. The number of nitrogens with zero attached hydrogens (tertiary/aromatic N) is 4. The Bertz CT molecular complexity index is 824.